The molecule has 86 valence electrons. The predicted molar refractivity (Wildman–Crippen MR) is 61.5 cm³/mol. The zero-order valence-electron chi connectivity index (χ0n) is 8.82. The first-order valence-electron chi connectivity index (χ1n) is 4.59. The van der Waals surface area contributed by atoms with Crippen LogP contribution in [0.3, 0.4) is 0 Å². The van der Waals surface area contributed by atoms with E-state index in [1.165, 1.54) is 12.1 Å². The summed E-state index contributed by atoms with van der Waals surface area (Å²) in [4.78, 5) is 21.6. The molecule has 6 heteroatoms. The van der Waals surface area contributed by atoms with Crippen LogP contribution in [-0.2, 0) is 4.74 Å². The van der Waals surface area contributed by atoms with E-state index in [1.807, 2.05) is 0 Å². The van der Waals surface area contributed by atoms with Gasteiger partial charge < -0.3 is 4.74 Å². The minimum absolute atomic E-state index is 0.122. The van der Waals surface area contributed by atoms with E-state index in [2.05, 4.69) is 15.9 Å². The molecule has 1 aromatic rings. The van der Waals surface area contributed by atoms with E-state index in [1.54, 1.807) is 13.8 Å². The number of non-ortho nitro benzene ring substituents is 1. The van der Waals surface area contributed by atoms with Crippen molar-refractivity contribution in [1.82, 2.24) is 0 Å². The second-order valence-electron chi connectivity index (χ2n) is 3.10. The number of carbonyl (C=O) groups excluding carboxylic acids is 1. The molecule has 16 heavy (non-hydrogen) atoms. The van der Waals surface area contributed by atoms with E-state index in [9.17, 15) is 14.9 Å². The fourth-order valence-corrected chi connectivity index (χ4v) is 1.60. The number of nitrogens with zero attached hydrogens (tertiary/aromatic N) is 1. The van der Waals surface area contributed by atoms with Crippen molar-refractivity contribution in [2.45, 2.75) is 13.8 Å². The third kappa shape index (κ3) is 2.57. The molecule has 0 aromatic heterocycles. The number of nitro benzene ring substituents is 1. The van der Waals surface area contributed by atoms with Crippen molar-refractivity contribution in [3.8, 4) is 0 Å². The number of hydrogen-bond acceptors (Lipinski definition) is 4. The number of rotatable bonds is 3. The highest BCUT2D eigenvalue weighted by atomic mass is 79.9. The molecule has 0 aliphatic heterocycles. The Morgan fingerprint density at radius 2 is 2.19 bits per heavy atom. The van der Waals surface area contributed by atoms with E-state index in [0.29, 0.717) is 10.0 Å². The molecular formula is C10H10BrNO4. The second-order valence-corrected chi connectivity index (χ2v) is 3.89. The molecule has 0 saturated heterocycles. The molecule has 0 spiro atoms. The number of nitro groups is 1. The number of benzene rings is 1. The quantitative estimate of drug-likeness (QED) is 0.487. The van der Waals surface area contributed by atoms with Crippen LogP contribution in [0.5, 0.6) is 0 Å². The molecular weight excluding hydrogens is 278 g/mol. The lowest BCUT2D eigenvalue weighted by Crippen LogP contribution is -2.07. The molecule has 0 saturated carbocycles. The zero-order chi connectivity index (χ0) is 12.3. The largest absolute Gasteiger partial charge is 0.462 e. The molecule has 0 unspecified atom stereocenters. The van der Waals surface area contributed by atoms with Gasteiger partial charge in [-0.3, -0.25) is 10.1 Å². The van der Waals surface area contributed by atoms with Crippen LogP contribution in [0.4, 0.5) is 5.69 Å². The van der Waals surface area contributed by atoms with Gasteiger partial charge in [0.1, 0.15) is 0 Å². The number of halogens is 1. The van der Waals surface area contributed by atoms with Crippen molar-refractivity contribution in [2.24, 2.45) is 0 Å². The van der Waals surface area contributed by atoms with Crippen LogP contribution in [0.2, 0.25) is 0 Å². The van der Waals surface area contributed by atoms with Crippen molar-refractivity contribution in [2.75, 3.05) is 6.61 Å². The van der Waals surface area contributed by atoms with Crippen LogP contribution in [0, 0.1) is 17.0 Å². The van der Waals surface area contributed by atoms with Gasteiger partial charge in [0, 0.05) is 16.6 Å². The number of hydrogen-bond donors (Lipinski definition) is 0. The molecule has 0 bridgehead atoms. The third-order valence-corrected chi connectivity index (χ3v) is 3.00. The zero-order valence-corrected chi connectivity index (χ0v) is 10.4. The fourth-order valence-electron chi connectivity index (χ4n) is 1.21. The van der Waals surface area contributed by atoms with Crippen molar-refractivity contribution in [1.29, 1.82) is 0 Å². The summed E-state index contributed by atoms with van der Waals surface area (Å²) in [7, 11) is 0. The summed E-state index contributed by atoms with van der Waals surface area (Å²) in [6.45, 7) is 3.59. The topological polar surface area (TPSA) is 69.4 Å². The summed E-state index contributed by atoms with van der Waals surface area (Å²) in [6.07, 6.45) is 0. The Bertz CT molecular complexity index is 445. The Labute approximate surface area is 101 Å². The Balaban J connectivity index is 3.26. The van der Waals surface area contributed by atoms with E-state index >= 15 is 0 Å². The minimum atomic E-state index is -0.568. The summed E-state index contributed by atoms with van der Waals surface area (Å²) in [6, 6.07) is 2.60. The van der Waals surface area contributed by atoms with Crippen LogP contribution < -0.4 is 0 Å². The lowest BCUT2D eigenvalue weighted by molar-refractivity contribution is -0.384. The van der Waals surface area contributed by atoms with E-state index in [-0.39, 0.29) is 17.9 Å². The number of aryl methyl sites for hydroxylation is 1. The van der Waals surface area contributed by atoms with Gasteiger partial charge in [-0.2, -0.15) is 0 Å². The SMILES string of the molecule is CCOC(=O)c1cc([N+](=O)[O-])cc(C)c1Br. The Morgan fingerprint density at radius 3 is 2.69 bits per heavy atom. The van der Waals surface area contributed by atoms with Crippen LogP contribution in [0.25, 0.3) is 0 Å². The molecule has 0 fully saturated rings. The first-order valence-corrected chi connectivity index (χ1v) is 5.38. The lowest BCUT2D eigenvalue weighted by atomic mass is 10.1. The summed E-state index contributed by atoms with van der Waals surface area (Å²) in [5.74, 6) is -0.568. The van der Waals surface area contributed by atoms with Crippen LogP contribution in [0.15, 0.2) is 16.6 Å². The minimum Gasteiger partial charge on any atom is -0.462 e. The van der Waals surface area contributed by atoms with Crippen molar-refractivity contribution in [3.05, 3.63) is 37.8 Å². The van der Waals surface area contributed by atoms with Crippen LogP contribution in [-0.4, -0.2) is 17.5 Å². The highest BCUT2D eigenvalue weighted by Crippen LogP contribution is 2.27. The Kier molecular flexibility index (Phi) is 4.00. The van der Waals surface area contributed by atoms with Gasteiger partial charge >= 0.3 is 5.97 Å². The average molecular weight is 288 g/mol. The third-order valence-electron chi connectivity index (χ3n) is 1.95. The van der Waals surface area contributed by atoms with Crippen LogP contribution in [0.1, 0.15) is 22.8 Å². The number of esters is 1. The molecule has 5 nitrogen and oxygen atoms in total. The Morgan fingerprint density at radius 1 is 1.56 bits per heavy atom. The predicted octanol–water partition coefficient (Wildman–Crippen LogP) is 2.84. The molecule has 1 rings (SSSR count). The number of ether oxygens (including phenoxy) is 1. The van der Waals surface area contributed by atoms with E-state index in [4.69, 9.17) is 4.74 Å². The maximum absolute atomic E-state index is 11.5. The van der Waals surface area contributed by atoms with Gasteiger partial charge in [0.15, 0.2) is 0 Å². The van der Waals surface area contributed by atoms with E-state index in [0.717, 1.165) is 0 Å². The maximum Gasteiger partial charge on any atom is 0.339 e. The fraction of sp³-hybridized carbons (Fsp3) is 0.300. The van der Waals surface area contributed by atoms with Crippen molar-refractivity contribution >= 4 is 27.6 Å². The molecule has 0 atom stereocenters. The van der Waals surface area contributed by atoms with Gasteiger partial charge in [-0.1, -0.05) is 0 Å². The van der Waals surface area contributed by atoms with E-state index < -0.39 is 10.9 Å². The Hall–Kier alpha value is -1.43. The van der Waals surface area contributed by atoms with Gasteiger partial charge in [-0.05, 0) is 35.3 Å². The number of carbonyl (C=O) groups is 1. The van der Waals surface area contributed by atoms with Gasteiger partial charge in [-0.25, -0.2) is 4.79 Å². The first kappa shape index (κ1) is 12.6. The normalized spacial score (nSPS) is 9.94. The molecule has 0 aliphatic rings. The molecule has 0 radical (unpaired) electrons. The molecule has 0 heterocycles. The van der Waals surface area contributed by atoms with Crippen molar-refractivity contribution in [3.63, 3.8) is 0 Å². The van der Waals surface area contributed by atoms with Gasteiger partial charge in [0.2, 0.25) is 0 Å². The molecule has 0 aliphatic carbocycles. The summed E-state index contributed by atoms with van der Waals surface area (Å²) in [5, 5.41) is 10.6. The summed E-state index contributed by atoms with van der Waals surface area (Å²) >= 11 is 3.21. The van der Waals surface area contributed by atoms with Crippen molar-refractivity contribution < 1.29 is 14.5 Å². The molecule has 1 aromatic carbocycles. The van der Waals surface area contributed by atoms with Gasteiger partial charge in [0.05, 0.1) is 17.1 Å². The summed E-state index contributed by atoms with van der Waals surface area (Å²) < 4.78 is 5.33. The van der Waals surface area contributed by atoms with Gasteiger partial charge in [0.25, 0.3) is 5.69 Å². The lowest BCUT2D eigenvalue weighted by Gasteiger charge is -2.06. The maximum atomic E-state index is 11.5. The van der Waals surface area contributed by atoms with Crippen LogP contribution >= 0.6 is 15.9 Å². The standard InChI is InChI=1S/C10H10BrNO4/c1-3-16-10(13)8-5-7(12(14)15)4-6(2)9(8)11/h4-5H,3H2,1-2H3. The highest BCUT2D eigenvalue weighted by molar-refractivity contribution is 9.10. The second kappa shape index (κ2) is 5.07. The average Bonchev–Trinajstić information content (AvgIpc) is 2.21. The molecule has 0 N–H and O–H groups in total. The summed E-state index contributed by atoms with van der Waals surface area (Å²) in [5.41, 5.74) is 0.676. The first-order chi connectivity index (χ1) is 7.47. The molecule has 0 amide bonds. The smallest absolute Gasteiger partial charge is 0.339 e. The monoisotopic (exact) mass is 287 g/mol. The highest BCUT2D eigenvalue weighted by Gasteiger charge is 2.18. The van der Waals surface area contributed by atoms with Gasteiger partial charge in [-0.15, -0.1) is 0 Å².